The van der Waals surface area contributed by atoms with E-state index in [1.54, 1.807) is 11.3 Å². The van der Waals surface area contributed by atoms with Gasteiger partial charge in [-0.3, -0.25) is 9.69 Å². The van der Waals surface area contributed by atoms with Crippen LogP contribution in [0.25, 0.3) is 16.0 Å². The van der Waals surface area contributed by atoms with Gasteiger partial charge < -0.3 is 15.1 Å². The minimum atomic E-state index is 0.0180. The van der Waals surface area contributed by atoms with Crippen LogP contribution in [0, 0.1) is 12.8 Å². The summed E-state index contributed by atoms with van der Waals surface area (Å²) in [6.07, 6.45) is 1.95. The van der Waals surface area contributed by atoms with Gasteiger partial charge in [-0.2, -0.15) is 10.1 Å². The van der Waals surface area contributed by atoms with Gasteiger partial charge >= 0.3 is 0 Å². The molecule has 0 saturated carbocycles. The summed E-state index contributed by atoms with van der Waals surface area (Å²) < 4.78 is 3.05. The zero-order valence-electron chi connectivity index (χ0n) is 20.2. The Labute approximate surface area is 205 Å². The number of carbonyl (C=O) groups excluding carboxylic acids is 1. The highest BCUT2D eigenvalue weighted by atomic mass is 32.1. The summed E-state index contributed by atoms with van der Waals surface area (Å²) in [7, 11) is 0. The van der Waals surface area contributed by atoms with E-state index in [9.17, 15) is 4.79 Å². The number of rotatable bonds is 7. The number of fused-ring (bicyclic) bond motifs is 1. The zero-order valence-corrected chi connectivity index (χ0v) is 21.1. The van der Waals surface area contributed by atoms with Gasteiger partial charge in [0.15, 0.2) is 10.8 Å². The molecule has 8 nitrogen and oxygen atoms in total. The summed E-state index contributed by atoms with van der Waals surface area (Å²) in [5, 5.41) is 8.90. The average Bonchev–Trinajstić information content (AvgIpc) is 3.45. The standard InChI is InChI=1S/C25H35N7OS/c1-3-29-14-16-30(17-15-29)13-11-26-24(33)20-8-7-12-31(18-20)25-27-23-22(34-25)19(2)28-32(23)21-9-5-4-6-10-21/h4-6,9-10,20H,3,7-8,11-18H2,1-2H3,(H,26,33)/t20-/m0/s1. The van der Waals surface area contributed by atoms with Crippen LogP contribution in [0.15, 0.2) is 30.3 Å². The molecule has 2 fully saturated rings. The molecule has 1 N–H and O–H groups in total. The minimum Gasteiger partial charge on any atom is -0.355 e. The summed E-state index contributed by atoms with van der Waals surface area (Å²) in [6.45, 7) is 13.2. The summed E-state index contributed by atoms with van der Waals surface area (Å²) >= 11 is 1.69. The molecule has 5 rings (SSSR count). The molecule has 182 valence electrons. The lowest BCUT2D eigenvalue weighted by atomic mass is 9.97. The summed E-state index contributed by atoms with van der Waals surface area (Å²) in [5.41, 5.74) is 2.91. The molecule has 4 heterocycles. The van der Waals surface area contributed by atoms with Gasteiger partial charge in [-0.1, -0.05) is 36.5 Å². The first kappa shape index (κ1) is 23.3. The van der Waals surface area contributed by atoms with Crippen LogP contribution in [-0.4, -0.2) is 89.4 Å². The number of hydrogen-bond acceptors (Lipinski definition) is 7. The van der Waals surface area contributed by atoms with Crippen molar-refractivity contribution in [1.29, 1.82) is 0 Å². The van der Waals surface area contributed by atoms with Crippen LogP contribution in [-0.2, 0) is 4.79 Å². The van der Waals surface area contributed by atoms with Crippen molar-refractivity contribution in [3.05, 3.63) is 36.0 Å². The molecule has 2 saturated heterocycles. The lowest BCUT2D eigenvalue weighted by Gasteiger charge is -2.34. The number of nitrogens with zero attached hydrogens (tertiary/aromatic N) is 6. The van der Waals surface area contributed by atoms with E-state index in [1.165, 1.54) is 0 Å². The van der Waals surface area contributed by atoms with Crippen LogP contribution >= 0.6 is 11.3 Å². The Morgan fingerprint density at radius 1 is 1.12 bits per heavy atom. The molecule has 1 aromatic carbocycles. The molecule has 2 aliphatic rings. The number of hydrogen-bond donors (Lipinski definition) is 1. The molecule has 9 heteroatoms. The maximum atomic E-state index is 12.9. The number of anilines is 1. The number of nitrogens with one attached hydrogen (secondary N) is 1. The van der Waals surface area contributed by atoms with Crippen molar-refractivity contribution in [3.63, 3.8) is 0 Å². The number of aromatic nitrogens is 3. The Morgan fingerprint density at radius 3 is 2.65 bits per heavy atom. The van der Waals surface area contributed by atoms with E-state index in [0.717, 1.165) is 98.6 Å². The Balaban J connectivity index is 1.19. The molecule has 0 radical (unpaired) electrons. The number of amides is 1. The minimum absolute atomic E-state index is 0.0180. The highest BCUT2D eigenvalue weighted by Gasteiger charge is 2.28. The second kappa shape index (κ2) is 10.4. The van der Waals surface area contributed by atoms with Gasteiger partial charge in [-0.15, -0.1) is 0 Å². The van der Waals surface area contributed by atoms with Crippen molar-refractivity contribution in [2.45, 2.75) is 26.7 Å². The van der Waals surface area contributed by atoms with Crippen LogP contribution in [0.1, 0.15) is 25.5 Å². The van der Waals surface area contributed by atoms with Gasteiger partial charge in [0.1, 0.15) is 0 Å². The zero-order chi connectivity index (χ0) is 23.5. The summed E-state index contributed by atoms with van der Waals surface area (Å²) in [6, 6.07) is 10.1. The van der Waals surface area contributed by atoms with E-state index in [1.807, 2.05) is 29.8 Å². The maximum Gasteiger partial charge on any atom is 0.224 e. The van der Waals surface area contributed by atoms with E-state index in [2.05, 4.69) is 39.1 Å². The van der Waals surface area contributed by atoms with Crippen molar-refractivity contribution in [2.75, 3.05) is 63.8 Å². The van der Waals surface area contributed by atoms with E-state index < -0.39 is 0 Å². The molecule has 0 bridgehead atoms. The lowest BCUT2D eigenvalue weighted by Crippen LogP contribution is -2.49. The molecule has 1 amide bonds. The van der Waals surface area contributed by atoms with Crippen LogP contribution < -0.4 is 10.2 Å². The van der Waals surface area contributed by atoms with Gasteiger partial charge in [0.2, 0.25) is 5.91 Å². The largest absolute Gasteiger partial charge is 0.355 e. The number of thiazole rings is 1. The number of piperazine rings is 1. The van der Waals surface area contributed by atoms with Crippen LogP contribution in [0.2, 0.25) is 0 Å². The highest BCUT2D eigenvalue weighted by molar-refractivity contribution is 7.22. The molecular weight excluding hydrogens is 446 g/mol. The first-order valence-corrected chi connectivity index (χ1v) is 13.3. The average molecular weight is 482 g/mol. The first-order chi connectivity index (χ1) is 16.6. The third-order valence-corrected chi connectivity index (χ3v) is 8.29. The summed E-state index contributed by atoms with van der Waals surface area (Å²) in [5.74, 6) is 0.203. The second-order valence-electron chi connectivity index (χ2n) is 9.33. The second-order valence-corrected chi connectivity index (χ2v) is 10.3. The van der Waals surface area contributed by atoms with E-state index >= 15 is 0 Å². The van der Waals surface area contributed by atoms with E-state index in [4.69, 9.17) is 10.1 Å². The predicted molar refractivity (Wildman–Crippen MR) is 138 cm³/mol. The Morgan fingerprint density at radius 2 is 1.88 bits per heavy atom. The van der Waals surface area contributed by atoms with E-state index in [0.29, 0.717) is 0 Å². The number of piperidine rings is 1. The molecule has 2 aliphatic heterocycles. The number of para-hydroxylation sites is 1. The Bertz CT molecular complexity index is 1100. The van der Waals surface area contributed by atoms with Gasteiger partial charge in [0.05, 0.1) is 22.0 Å². The van der Waals surface area contributed by atoms with Crippen molar-refractivity contribution in [3.8, 4) is 5.69 Å². The lowest BCUT2D eigenvalue weighted by molar-refractivity contribution is -0.125. The van der Waals surface area contributed by atoms with Crippen molar-refractivity contribution < 1.29 is 4.79 Å². The molecule has 34 heavy (non-hydrogen) atoms. The normalized spacial score (nSPS) is 20.2. The molecule has 0 unspecified atom stereocenters. The number of aryl methyl sites for hydroxylation is 1. The van der Waals surface area contributed by atoms with Crippen molar-refractivity contribution >= 4 is 32.7 Å². The van der Waals surface area contributed by atoms with E-state index in [-0.39, 0.29) is 11.8 Å². The van der Waals surface area contributed by atoms with Crippen LogP contribution in [0.5, 0.6) is 0 Å². The van der Waals surface area contributed by atoms with Gasteiger partial charge in [-0.05, 0) is 38.4 Å². The molecule has 2 aromatic heterocycles. The molecule has 3 aromatic rings. The quantitative estimate of drug-likeness (QED) is 0.560. The third-order valence-electron chi connectivity index (χ3n) is 7.08. The maximum absolute atomic E-state index is 12.9. The molecule has 0 spiro atoms. The highest BCUT2D eigenvalue weighted by Crippen LogP contribution is 2.34. The monoisotopic (exact) mass is 481 g/mol. The van der Waals surface area contributed by atoms with Crippen molar-refractivity contribution in [1.82, 2.24) is 29.9 Å². The summed E-state index contributed by atoms with van der Waals surface area (Å²) in [4.78, 5) is 25.1. The molecular formula is C25H35N7OS. The van der Waals surface area contributed by atoms with Crippen LogP contribution in [0.3, 0.4) is 0 Å². The topological polar surface area (TPSA) is 69.5 Å². The third kappa shape index (κ3) is 4.96. The Hall–Kier alpha value is -2.49. The van der Waals surface area contributed by atoms with Crippen molar-refractivity contribution in [2.24, 2.45) is 5.92 Å². The fourth-order valence-electron chi connectivity index (χ4n) is 4.98. The first-order valence-electron chi connectivity index (χ1n) is 12.5. The fourth-order valence-corrected chi connectivity index (χ4v) is 6.00. The van der Waals surface area contributed by atoms with Crippen LogP contribution in [0.4, 0.5) is 5.13 Å². The van der Waals surface area contributed by atoms with Gasteiger partial charge in [0, 0.05) is 52.4 Å². The molecule has 0 aliphatic carbocycles. The molecule has 1 atom stereocenters. The Kier molecular flexibility index (Phi) is 7.12. The van der Waals surface area contributed by atoms with Gasteiger partial charge in [-0.25, -0.2) is 4.68 Å². The number of carbonyl (C=O) groups is 1. The van der Waals surface area contributed by atoms with Gasteiger partial charge in [0.25, 0.3) is 0 Å². The smallest absolute Gasteiger partial charge is 0.224 e. The number of benzene rings is 1. The predicted octanol–water partition coefficient (Wildman–Crippen LogP) is 2.76. The fraction of sp³-hybridized carbons (Fsp3) is 0.560. The number of likely N-dealkylation sites (N-methyl/N-ethyl adjacent to an activating group) is 1. The SMILES string of the molecule is CCN1CCN(CCNC(=O)[C@H]2CCCN(c3nc4c(s3)c(C)nn4-c3ccccc3)C2)CC1.